The van der Waals surface area contributed by atoms with Crippen LogP contribution in [0.3, 0.4) is 0 Å². The predicted molar refractivity (Wildman–Crippen MR) is 63.3 cm³/mol. The first-order chi connectivity index (χ1) is 8.20. The van der Waals surface area contributed by atoms with Crippen molar-refractivity contribution in [2.75, 3.05) is 19.0 Å². The molecule has 1 amide bonds. The summed E-state index contributed by atoms with van der Waals surface area (Å²) in [6, 6.07) is 7.10. The molecule has 0 radical (unpaired) electrons. The van der Waals surface area contributed by atoms with Gasteiger partial charge in [-0.1, -0.05) is 24.3 Å². The number of carbonyl (C=O) groups is 2. The quantitative estimate of drug-likeness (QED) is 0.610. The van der Waals surface area contributed by atoms with Gasteiger partial charge in [-0.25, -0.2) is 4.79 Å². The molecule has 1 fully saturated rings. The Labute approximate surface area is 104 Å². The molecule has 1 heterocycles. The minimum absolute atomic E-state index is 0.0161. The number of Topliss-reactive ketones (excluding diaryl/α,β-unsaturated/α-hetero) is 1. The van der Waals surface area contributed by atoms with E-state index < -0.39 is 0 Å². The van der Waals surface area contributed by atoms with Crippen LogP contribution >= 0.6 is 11.6 Å². The van der Waals surface area contributed by atoms with E-state index in [1.807, 2.05) is 12.1 Å². The highest BCUT2D eigenvalue weighted by Gasteiger charge is 2.21. The van der Waals surface area contributed by atoms with Crippen molar-refractivity contribution < 1.29 is 14.3 Å². The fraction of sp³-hybridized carbons (Fsp3) is 0.333. The zero-order valence-electron chi connectivity index (χ0n) is 9.19. The Morgan fingerprint density at radius 2 is 2.06 bits per heavy atom. The maximum Gasteiger partial charge on any atom is 0.410 e. The van der Waals surface area contributed by atoms with Gasteiger partial charge in [0.1, 0.15) is 6.61 Å². The molecule has 0 atom stereocenters. The van der Waals surface area contributed by atoms with Gasteiger partial charge in [-0.15, -0.1) is 11.6 Å². The molecule has 1 aromatic carbocycles. The van der Waals surface area contributed by atoms with Crippen LogP contribution in [0, 0.1) is 0 Å². The van der Waals surface area contributed by atoms with E-state index in [-0.39, 0.29) is 17.8 Å². The SMILES string of the molecule is O=C(CCl)c1ccc(CN2CCOC2=O)cc1. The van der Waals surface area contributed by atoms with Gasteiger partial charge in [-0.2, -0.15) is 0 Å². The van der Waals surface area contributed by atoms with Crippen LogP contribution in [0.15, 0.2) is 24.3 Å². The molecule has 2 rings (SSSR count). The van der Waals surface area contributed by atoms with Crippen LogP contribution in [0.5, 0.6) is 0 Å². The van der Waals surface area contributed by atoms with Gasteiger partial charge >= 0.3 is 6.09 Å². The maximum absolute atomic E-state index is 11.3. The standard InChI is InChI=1S/C12H12ClNO3/c13-7-11(15)10-3-1-9(2-4-10)8-14-5-6-17-12(14)16/h1-4H,5-8H2. The molecule has 4 nitrogen and oxygen atoms in total. The monoisotopic (exact) mass is 253 g/mol. The number of ether oxygens (including phenoxy) is 1. The Kier molecular flexibility index (Phi) is 3.64. The summed E-state index contributed by atoms with van der Waals surface area (Å²) in [4.78, 5) is 24.2. The highest BCUT2D eigenvalue weighted by molar-refractivity contribution is 6.30. The highest BCUT2D eigenvalue weighted by Crippen LogP contribution is 2.12. The van der Waals surface area contributed by atoms with Crippen LogP contribution in [0.1, 0.15) is 15.9 Å². The number of cyclic esters (lactones) is 1. The summed E-state index contributed by atoms with van der Waals surface area (Å²) in [5.41, 5.74) is 1.56. The van der Waals surface area contributed by atoms with E-state index in [9.17, 15) is 9.59 Å². The second kappa shape index (κ2) is 5.19. The number of halogens is 1. The van der Waals surface area contributed by atoms with Gasteiger partial charge < -0.3 is 9.64 Å². The Balaban J connectivity index is 2.03. The minimum Gasteiger partial charge on any atom is -0.448 e. The summed E-state index contributed by atoms with van der Waals surface area (Å²) in [5, 5.41) is 0. The molecule has 90 valence electrons. The van der Waals surface area contributed by atoms with E-state index in [0.717, 1.165) is 5.56 Å². The summed E-state index contributed by atoms with van der Waals surface area (Å²) < 4.78 is 4.83. The average molecular weight is 254 g/mol. The van der Waals surface area contributed by atoms with Crippen molar-refractivity contribution in [3.05, 3.63) is 35.4 Å². The van der Waals surface area contributed by atoms with Crippen LogP contribution in [-0.4, -0.2) is 35.8 Å². The first-order valence-corrected chi connectivity index (χ1v) is 5.84. The number of hydrogen-bond donors (Lipinski definition) is 0. The molecular weight excluding hydrogens is 242 g/mol. The fourth-order valence-corrected chi connectivity index (χ4v) is 1.82. The van der Waals surface area contributed by atoms with Crippen molar-refractivity contribution >= 4 is 23.5 Å². The number of hydrogen-bond acceptors (Lipinski definition) is 3. The number of benzene rings is 1. The molecule has 0 unspecified atom stereocenters. The zero-order chi connectivity index (χ0) is 12.3. The van der Waals surface area contributed by atoms with Crippen molar-refractivity contribution in [3.63, 3.8) is 0 Å². The number of rotatable bonds is 4. The van der Waals surface area contributed by atoms with Crippen molar-refractivity contribution in [2.45, 2.75) is 6.54 Å². The molecule has 1 aliphatic rings. The summed E-state index contributed by atoms with van der Waals surface area (Å²) in [5.74, 6) is -0.114. The number of carbonyl (C=O) groups excluding carboxylic acids is 2. The third-order valence-electron chi connectivity index (χ3n) is 2.62. The van der Waals surface area contributed by atoms with Crippen LogP contribution in [0.25, 0.3) is 0 Å². The highest BCUT2D eigenvalue weighted by atomic mass is 35.5. The predicted octanol–water partition coefficient (Wildman–Crippen LogP) is 2.06. The fourth-order valence-electron chi connectivity index (χ4n) is 1.66. The van der Waals surface area contributed by atoms with E-state index in [1.54, 1.807) is 17.0 Å². The lowest BCUT2D eigenvalue weighted by atomic mass is 10.1. The molecular formula is C12H12ClNO3. The number of ketones is 1. The van der Waals surface area contributed by atoms with Crippen molar-refractivity contribution in [1.29, 1.82) is 0 Å². The second-order valence-corrected chi connectivity index (χ2v) is 4.06. The molecule has 0 aromatic heterocycles. The molecule has 0 spiro atoms. The minimum atomic E-state index is -0.286. The first kappa shape index (κ1) is 11.9. The topological polar surface area (TPSA) is 46.6 Å². The van der Waals surface area contributed by atoms with Crippen molar-refractivity contribution in [2.24, 2.45) is 0 Å². The van der Waals surface area contributed by atoms with Crippen LogP contribution in [0.2, 0.25) is 0 Å². The molecule has 0 saturated carbocycles. The normalized spacial score (nSPS) is 14.9. The summed E-state index contributed by atoms with van der Waals surface area (Å²) in [6.45, 7) is 1.57. The van der Waals surface area contributed by atoms with Crippen molar-refractivity contribution in [3.8, 4) is 0 Å². The Bertz CT molecular complexity index is 430. The van der Waals surface area contributed by atoms with Gasteiger partial charge in [0.2, 0.25) is 0 Å². The van der Waals surface area contributed by atoms with Crippen molar-refractivity contribution in [1.82, 2.24) is 4.90 Å². The Hall–Kier alpha value is -1.55. The lowest BCUT2D eigenvalue weighted by Crippen LogP contribution is -2.23. The number of amides is 1. The summed E-state index contributed by atoms with van der Waals surface area (Å²) in [6.07, 6.45) is -0.286. The molecule has 5 heteroatoms. The van der Waals surface area contributed by atoms with Gasteiger partial charge in [0.05, 0.1) is 12.4 Å². The average Bonchev–Trinajstić information content (AvgIpc) is 2.75. The maximum atomic E-state index is 11.3. The largest absolute Gasteiger partial charge is 0.448 e. The molecule has 0 N–H and O–H groups in total. The summed E-state index contributed by atoms with van der Waals surface area (Å²) >= 11 is 5.46. The summed E-state index contributed by atoms with van der Waals surface area (Å²) in [7, 11) is 0. The van der Waals surface area contributed by atoms with E-state index >= 15 is 0 Å². The van der Waals surface area contributed by atoms with Gasteiger partial charge in [0, 0.05) is 12.1 Å². The van der Waals surface area contributed by atoms with Gasteiger partial charge in [0.25, 0.3) is 0 Å². The lowest BCUT2D eigenvalue weighted by Gasteiger charge is -2.12. The van der Waals surface area contributed by atoms with Gasteiger partial charge in [-0.3, -0.25) is 4.79 Å². The first-order valence-electron chi connectivity index (χ1n) is 5.30. The van der Waals surface area contributed by atoms with Gasteiger partial charge in [-0.05, 0) is 5.56 Å². The van der Waals surface area contributed by atoms with Crippen LogP contribution in [0.4, 0.5) is 4.79 Å². The zero-order valence-corrected chi connectivity index (χ0v) is 9.94. The lowest BCUT2D eigenvalue weighted by molar-refractivity contribution is 0.102. The third-order valence-corrected chi connectivity index (χ3v) is 2.86. The van der Waals surface area contributed by atoms with E-state index in [0.29, 0.717) is 25.3 Å². The Morgan fingerprint density at radius 3 is 2.59 bits per heavy atom. The van der Waals surface area contributed by atoms with Crippen LogP contribution < -0.4 is 0 Å². The second-order valence-electron chi connectivity index (χ2n) is 3.79. The molecule has 0 bridgehead atoms. The van der Waals surface area contributed by atoms with E-state index in [2.05, 4.69) is 0 Å². The smallest absolute Gasteiger partial charge is 0.410 e. The Morgan fingerprint density at radius 1 is 1.35 bits per heavy atom. The van der Waals surface area contributed by atoms with Crippen LogP contribution in [-0.2, 0) is 11.3 Å². The number of nitrogens with zero attached hydrogens (tertiary/aromatic N) is 1. The van der Waals surface area contributed by atoms with Gasteiger partial charge in [0.15, 0.2) is 5.78 Å². The molecule has 17 heavy (non-hydrogen) atoms. The number of alkyl halides is 1. The van der Waals surface area contributed by atoms with E-state index in [1.165, 1.54) is 0 Å². The third kappa shape index (κ3) is 2.77. The molecule has 1 aliphatic heterocycles. The van der Waals surface area contributed by atoms with E-state index in [4.69, 9.17) is 16.3 Å². The molecule has 1 aromatic rings. The molecule has 0 aliphatic carbocycles. The molecule has 1 saturated heterocycles.